The molecular formula is C10H11F2N2O2S-. The number of hydrogen-bond donors (Lipinski definition) is 1. The number of benzene rings is 1. The molecule has 1 aliphatic heterocycles. The van der Waals surface area contributed by atoms with E-state index in [0.717, 1.165) is 18.2 Å². The predicted octanol–water partition coefficient (Wildman–Crippen LogP) is 0.533. The molecule has 0 aliphatic carbocycles. The maximum absolute atomic E-state index is 13.0. The summed E-state index contributed by atoms with van der Waals surface area (Å²) in [4.78, 5) is 0. The molecule has 2 rings (SSSR count). The second-order valence-corrected chi connectivity index (χ2v) is 4.79. The molecule has 1 aromatic rings. The molecule has 4 nitrogen and oxygen atoms in total. The van der Waals surface area contributed by atoms with E-state index in [4.69, 9.17) is 0 Å². The summed E-state index contributed by atoms with van der Waals surface area (Å²) >= 11 is -2.40. The summed E-state index contributed by atoms with van der Waals surface area (Å²) in [5.41, 5.74) is 0.304. The van der Waals surface area contributed by atoms with Crippen LogP contribution >= 0.6 is 0 Å². The van der Waals surface area contributed by atoms with E-state index in [9.17, 15) is 17.5 Å². The summed E-state index contributed by atoms with van der Waals surface area (Å²) in [5, 5.41) is 2.94. The lowest BCUT2D eigenvalue weighted by Crippen LogP contribution is -2.57. The first-order valence-corrected chi connectivity index (χ1v) is 6.11. The zero-order chi connectivity index (χ0) is 12.4. The van der Waals surface area contributed by atoms with Crippen LogP contribution in [0.4, 0.5) is 8.78 Å². The van der Waals surface area contributed by atoms with Crippen molar-refractivity contribution in [1.82, 2.24) is 9.62 Å². The Bertz CT molecular complexity index is 420. The van der Waals surface area contributed by atoms with Gasteiger partial charge in [-0.15, -0.1) is 0 Å². The van der Waals surface area contributed by atoms with E-state index < -0.39 is 22.9 Å². The summed E-state index contributed by atoms with van der Waals surface area (Å²) in [6.07, 6.45) is 0. The second-order valence-electron chi connectivity index (χ2n) is 3.88. The molecule has 1 fully saturated rings. The first kappa shape index (κ1) is 12.6. The van der Waals surface area contributed by atoms with Crippen LogP contribution in [0.2, 0.25) is 0 Å². The summed E-state index contributed by atoms with van der Waals surface area (Å²) in [6.45, 7) is 1.11. The third-order valence-corrected chi connectivity index (χ3v) is 3.43. The van der Waals surface area contributed by atoms with Gasteiger partial charge in [0, 0.05) is 43.0 Å². The fourth-order valence-electron chi connectivity index (χ4n) is 1.66. The molecule has 0 aromatic heterocycles. The number of hydrogen-bond acceptors (Lipinski definition) is 3. The summed E-state index contributed by atoms with van der Waals surface area (Å²) in [5.74, 6) is -1.41. The fraction of sp³-hybridized carbons (Fsp3) is 0.400. The zero-order valence-corrected chi connectivity index (χ0v) is 9.68. The molecule has 0 saturated carbocycles. The van der Waals surface area contributed by atoms with Crippen molar-refractivity contribution >= 4 is 11.3 Å². The molecule has 7 heteroatoms. The van der Waals surface area contributed by atoms with Crippen molar-refractivity contribution in [3.8, 4) is 0 Å². The largest absolute Gasteiger partial charge is 0.760 e. The predicted molar refractivity (Wildman–Crippen MR) is 57.5 cm³/mol. The maximum atomic E-state index is 13.0. The van der Waals surface area contributed by atoms with Gasteiger partial charge in [0.15, 0.2) is 0 Å². The summed E-state index contributed by atoms with van der Waals surface area (Å²) in [6, 6.07) is 2.89. The van der Waals surface area contributed by atoms with Gasteiger partial charge in [-0.1, -0.05) is 0 Å². The molecule has 0 radical (unpaired) electrons. The van der Waals surface area contributed by atoms with Gasteiger partial charge < -0.3 is 9.87 Å². The Balaban J connectivity index is 2.13. The Morgan fingerprint density at radius 1 is 1.35 bits per heavy atom. The van der Waals surface area contributed by atoms with Crippen molar-refractivity contribution in [3.63, 3.8) is 0 Å². The third-order valence-electron chi connectivity index (χ3n) is 2.62. The molecular weight excluding hydrogens is 250 g/mol. The van der Waals surface area contributed by atoms with Gasteiger partial charge in [-0.2, -0.15) is 0 Å². The van der Waals surface area contributed by atoms with Gasteiger partial charge >= 0.3 is 0 Å². The molecule has 1 N–H and O–H groups in total. The normalized spacial score (nSPS) is 18.1. The van der Waals surface area contributed by atoms with Gasteiger partial charge in [0.05, 0.1) is 0 Å². The van der Waals surface area contributed by atoms with E-state index >= 15 is 0 Å². The van der Waals surface area contributed by atoms with Crippen LogP contribution in [0.1, 0.15) is 5.56 Å². The Kier molecular flexibility index (Phi) is 3.82. The van der Waals surface area contributed by atoms with Crippen LogP contribution in [0.3, 0.4) is 0 Å². The summed E-state index contributed by atoms with van der Waals surface area (Å²) < 4.78 is 49.1. The van der Waals surface area contributed by atoms with E-state index in [1.165, 1.54) is 4.31 Å². The van der Waals surface area contributed by atoms with Crippen LogP contribution < -0.4 is 5.32 Å². The quantitative estimate of drug-likeness (QED) is 0.805. The molecule has 1 atom stereocenters. The first-order chi connectivity index (χ1) is 8.06. The Morgan fingerprint density at radius 3 is 2.35 bits per heavy atom. The highest BCUT2D eigenvalue weighted by Crippen LogP contribution is 2.15. The van der Waals surface area contributed by atoms with E-state index in [-0.39, 0.29) is 12.6 Å². The minimum Gasteiger partial charge on any atom is -0.760 e. The average molecular weight is 261 g/mol. The van der Waals surface area contributed by atoms with Gasteiger partial charge in [0.2, 0.25) is 0 Å². The number of nitrogens with zero attached hydrogens (tertiary/aromatic N) is 1. The SMILES string of the molecule is O=S([O-])N(Cc1cc(F)cc(F)c1)C1CNC1. The van der Waals surface area contributed by atoms with Crippen molar-refractivity contribution in [2.75, 3.05) is 13.1 Å². The minimum atomic E-state index is -2.40. The van der Waals surface area contributed by atoms with Crippen LogP contribution in [0.5, 0.6) is 0 Å². The first-order valence-electron chi connectivity index (χ1n) is 5.08. The van der Waals surface area contributed by atoms with Crippen molar-refractivity contribution in [2.45, 2.75) is 12.6 Å². The van der Waals surface area contributed by atoms with Gasteiger partial charge in [-0.05, 0) is 17.7 Å². The van der Waals surface area contributed by atoms with E-state index in [1.807, 2.05) is 0 Å². The number of rotatable bonds is 4. The number of halogens is 2. The van der Waals surface area contributed by atoms with Crippen LogP contribution in [0.15, 0.2) is 18.2 Å². The van der Waals surface area contributed by atoms with Gasteiger partial charge in [-0.25, -0.2) is 13.1 Å². The van der Waals surface area contributed by atoms with Crippen molar-refractivity contribution < 1.29 is 17.5 Å². The lowest BCUT2D eigenvalue weighted by Gasteiger charge is -2.38. The van der Waals surface area contributed by atoms with Gasteiger partial charge in [0.25, 0.3) is 0 Å². The summed E-state index contributed by atoms with van der Waals surface area (Å²) in [7, 11) is 0. The molecule has 94 valence electrons. The molecule has 0 bridgehead atoms. The standard InChI is InChI=1S/C10H12F2N2O2S/c11-8-1-7(2-9(12)3-8)6-14(17(15)16)10-4-13-5-10/h1-3,10,13H,4-6H2,(H,15,16)/p-1. The molecule has 0 spiro atoms. The molecule has 1 aromatic carbocycles. The highest BCUT2D eigenvalue weighted by Gasteiger charge is 2.25. The smallest absolute Gasteiger partial charge is 0.126 e. The molecule has 1 heterocycles. The topological polar surface area (TPSA) is 55.4 Å². The maximum Gasteiger partial charge on any atom is 0.126 e. The van der Waals surface area contributed by atoms with Crippen LogP contribution in [-0.4, -0.2) is 32.2 Å². The highest BCUT2D eigenvalue weighted by atomic mass is 32.2. The van der Waals surface area contributed by atoms with Gasteiger partial charge in [-0.3, -0.25) is 4.21 Å². The van der Waals surface area contributed by atoms with E-state index in [0.29, 0.717) is 18.7 Å². The van der Waals surface area contributed by atoms with Crippen LogP contribution in [0, 0.1) is 11.6 Å². The lowest BCUT2D eigenvalue weighted by atomic mass is 10.1. The van der Waals surface area contributed by atoms with Crippen molar-refractivity contribution in [2.24, 2.45) is 0 Å². The van der Waals surface area contributed by atoms with E-state index in [2.05, 4.69) is 5.32 Å². The molecule has 0 amide bonds. The highest BCUT2D eigenvalue weighted by molar-refractivity contribution is 7.76. The Labute approximate surface area is 100 Å². The van der Waals surface area contributed by atoms with Crippen molar-refractivity contribution in [1.29, 1.82) is 0 Å². The fourth-order valence-corrected chi connectivity index (χ4v) is 2.31. The Morgan fingerprint density at radius 2 is 1.94 bits per heavy atom. The van der Waals surface area contributed by atoms with Crippen molar-refractivity contribution in [3.05, 3.63) is 35.4 Å². The monoisotopic (exact) mass is 261 g/mol. The molecule has 1 unspecified atom stereocenters. The lowest BCUT2D eigenvalue weighted by molar-refractivity contribution is 0.229. The average Bonchev–Trinajstić information content (AvgIpc) is 2.11. The van der Waals surface area contributed by atoms with Crippen LogP contribution in [-0.2, 0) is 17.8 Å². The second kappa shape index (κ2) is 5.18. The van der Waals surface area contributed by atoms with E-state index in [1.54, 1.807) is 0 Å². The zero-order valence-electron chi connectivity index (χ0n) is 8.86. The third kappa shape index (κ3) is 3.06. The number of nitrogens with one attached hydrogen (secondary N) is 1. The Hall–Kier alpha value is -0.890. The minimum absolute atomic E-state index is 0.0167. The molecule has 17 heavy (non-hydrogen) atoms. The van der Waals surface area contributed by atoms with Gasteiger partial charge in [0.1, 0.15) is 11.6 Å². The molecule has 1 saturated heterocycles. The van der Waals surface area contributed by atoms with Crippen LogP contribution in [0.25, 0.3) is 0 Å². The molecule has 1 aliphatic rings.